The first-order valence-corrected chi connectivity index (χ1v) is 8.25. The predicted molar refractivity (Wildman–Crippen MR) is 90.0 cm³/mol. The fourth-order valence-electron chi connectivity index (χ4n) is 2.83. The molecule has 1 aliphatic heterocycles. The van der Waals surface area contributed by atoms with Gasteiger partial charge in [-0.15, -0.1) is 0 Å². The van der Waals surface area contributed by atoms with Crippen molar-refractivity contribution in [1.29, 1.82) is 0 Å². The largest absolute Gasteiger partial charge is 0.468 e. The molecule has 6 nitrogen and oxygen atoms in total. The summed E-state index contributed by atoms with van der Waals surface area (Å²) in [6.07, 6.45) is 0.443. The fourth-order valence-corrected chi connectivity index (χ4v) is 3.00. The van der Waals surface area contributed by atoms with Crippen LogP contribution in [-0.2, 0) is 19.7 Å². The van der Waals surface area contributed by atoms with Gasteiger partial charge in [-0.3, -0.25) is 4.79 Å². The molecule has 0 atom stereocenters. The maximum absolute atomic E-state index is 12.5. The number of hydrogen-bond acceptors (Lipinski definition) is 5. The number of amides is 1. The van der Waals surface area contributed by atoms with Gasteiger partial charge in [0.1, 0.15) is 16.2 Å². The molecular formula is C17H23ClN2O4. The number of hydrogen-bond donors (Lipinski definition) is 0. The van der Waals surface area contributed by atoms with Crippen molar-refractivity contribution in [3.63, 3.8) is 0 Å². The van der Waals surface area contributed by atoms with Gasteiger partial charge in [0.05, 0.1) is 12.8 Å². The minimum atomic E-state index is -0.891. The molecule has 2 heterocycles. The van der Waals surface area contributed by atoms with Crippen LogP contribution in [0.2, 0.25) is 5.15 Å². The fraction of sp³-hybridized carbons (Fsp3) is 0.588. The number of esters is 1. The molecule has 7 heteroatoms. The first-order chi connectivity index (χ1) is 11.2. The van der Waals surface area contributed by atoms with Crippen molar-refractivity contribution in [2.75, 3.05) is 20.2 Å². The van der Waals surface area contributed by atoms with E-state index in [4.69, 9.17) is 21.1 Å². The molecule has 0 N–H and O–H groups in total. The summed E-state index contributed by atoms with van der Waals surface area (Å²) in [5, 5.41) is 0.324. The van der Waals surface area contributed by atoms with E-state index in [2.05, 4.69) is 4.98 Å². The lowest BCUT2D eigenvalue weighted by Crippen LogP contribution is -2.50. The lowest BCUT2D eigenvalue weighted by atomic mass is 9.75. The number of halogens is 1. The van der Waals surface area contributed by atoms with Gasteiger partial charge in [-0.05, 0) is 45.7 Å². The third-order valence-electron chi connectivity index (χ3n) is 4.05. The summed E-state index contributed by atoms with van der Waals surface area (Å²) in [4.78, 5) is 30.6. The van der Waals surface area contributed by atoms with E-state index in [1.807, 2.05) is 20.8 Å². The van der Waals surface area contributed by atoms with Gasteiger partial charge >= 0.3 is 12.1 Å². The molecule has 0 aliphatic carbocycles. The quantitative estimate of drug-likeness (QED) is 0.602. The molecule has 1 aliphatic rings. The van der Waals surface area contributed by atoms with Crippen molar-refractivity contribution in [3.8, 4) is 0 Å². The Bertz CT molecular complexity index is 619. The molecule has 1 aromatic rings. The maximum atomic E-state index is 12.5. The van der Waals surface area contributed by atoms with Gasteiger partial charge in [-0.2, -0.15) is 0 Å². The average Bonchev–Trinajstić information content (AvgIpc) is 2.52. The molecule has 2 rings (SSSR count). The van der Waals surface area contributed by atoms with Gasteiger partial charge in [-0.1, -0.05) is 17.7 Å². The van der Waals surface area contributed by atoms with E-state index >= 15 is 0 Å². The van der Waals surface area contributed by atoms with Gasteiger partial charge in [0.2, 0.25) is 0 Å². The second-order valence-electron chi connectivity index (χ2n) is 6.89. The van der Waals surface area contributed by atoms with E-state index in [9.17, 15) is 9.59 Å². The summed E-state index contributed by atoms with van der Waals surface area (Å²) in [7, 11) is 1.36. The summed E-state index contributed by atoms with van der Waals surface area (Å²) in [5.41, 5.74) is -0.869. The van der Waals surface area contributed by atoms with E-state index in [-0.39, 0.29) is 12.1 Å². The summed E-state index contributed by atoms with van der Waals surface area (Å²) in [6.45, 7) is 6.24. The van der Waals surface area contributed by atoms with Crippen LogP contribution in [0.4, 0.5) is 4.79 Å². The van der Waals surface area contributed by atoms with Gasteiger partial charge in [0.15, 0.2) is 0 Å². The summed E-state index contributed by atoms with van der Waals surface area (Å²) in [6, 6.07) is 5.19. The average molecular weight is 355 g/mol. The predicted octanol–water partition coefficient (Wildman–Crippen LogP) is 3.18. The molecule has 0 radical (unpaired) electrons. The van der Waals surface area contributed by atoms with Crippen molar-refractivity contribution in [3.05, 3.63) is 29.0 Å². The zero-order valence-corrected chi connectivity index (χ0v) is 15.2. The summed E-state index contributed by atoms with van der Waals surface area (Å²) in [5.74, 6) is -0.360. The Hall–Kier alpha value is -1.82. The van der Waals surface area contributed by atoms with E-state index < -0.39 is 11.0 Å². The second-order valence-corrected chi connectivity index (χ2v) is 7.27. The van der Waals surface area contributed by atoms with Crippen molar-refractivity contribution < 1.29 is 19.1 Å². The Morgan fingerprint density at radius 1 is 1.25 bits per heavy atom. The highest BCUT2D eigenvalue weighted by Gasteiger charge is 2.46. The highest BCUT2D eigenvalue weighted by molar-refractivity contribution is 6.29. The third kappa shape index (κ3) is 3.98. The molecule has 0 saturated carbocycles. The standard InChI is InChI=1S/C17H23ClN2O4/c1-16(2,3)24-15(22)20-10-8-17(9-11-20,14(21)23-4)12-6-5-7-13(18)19-12/h5-7H,8-11H2,1-4H3. The number of carbonyl (C=O) groups is 2. The van der Waals surface area contributed by atoms with Crippen molar-refractivity contribution in [1.82, 2.24) is 9.88 Å². The molecule has 132 valence electrons. The van der Waals surface area contributed by atoms with Crippen LogP contribution >= 0.6 is 11.6 Å². The molecular weight excluding hydrogens is 332 g/mol. The van der Waals surface area contributed by atoms with Crippen LogP contribution in [0.1, 0.15) is 39.3 Å². The Morgan fingerprint density at radius 2 is 1.88 bits per heavy atom. The second kappa shape index (κ2) is 6.97. The van der Waals surface area contributed by atoms with E-state index in [0.717, 1.165) is 0 Å². The van der Waals surface area contributed by atoms with E-state index in [0.29, 0.717) is 36.8 Å². The monoisotopic (exact) mass is 354 g/mol. The molecule has 1 saturated heterocycles. The highest BCUT2D eigenvalue weighted by atomic mass is 35.5. The van der Waals surface area contributed by atoms with Gasteiger partial charge in [0.25, 0.3) is 0 Å². The molecule has 1 aromatic heterocycles. The number of nitrogens with zero attached hydrogens (tertiary/aromatic N) is 2. The zero-order chi connectivity index (χ0) is 18.0. The maximum Gasteiger partial charge on any atom is 0.410 e. The first kappa shape index (κ1) is 18.5. The van der Waals surface area contributed by atoms with Crippen molar-refractivity contribution >= 4 is 23.7 Å². The van der Waals surface area contributed by atoms with Gasteiger partial charge in [-0.25, -0.2) is 9.78 Å². The first-order valence-electron chi connectivity index (χ1n) is 7.87. The Kier molecular flexibility index (Phi) is 5.38. The SMILES string of the molecule is COC(=O)C1(c2cccc(Cl)n2)CCN(C(=O)OC(C)(C)C)CC1. The molecule has 0 unspecified atom stereocenters. The van der Waals surface area contributed by atoms with Crippen LogP contribution in [0.15, 0.2) is 18.2 Å². The van der Waals surface area contributed by atoms with E-state index in [1.165, 1.54) is 7.11 Å². The number of likely N-dealkylation sites (tertiary alicyclic amines) is 1. The smallest absolute Gasteiger partial charge is 0.410 e. The Morgan fingerprint density at radius 3 is 2.38 bits per heavy atom. The van der Waals surface area contributed by atoms with Crippen LogP contribution in [0, 0.1) is 0 Å². The van der Waals surface area contributed by atoms with Crippen LogP contribution in [0.5, 0.6) is 0 Å². The molecule has 0 aromatic carbocycles. The zero-order valence-electron chi connectivity index (χ0n) is 14.5. The minimum Gasteiger partial charge on any atom is -0.468 e. The Labute approximate surface area is 147 Å². The number of pyridine rings is 1. The van der Waals surface area contributed by atoms with Gasteiger partial charge < -0.3 is 14.4 Å². The summed E-state index contributed by atoms with van der Waals surface area (Å²) < 4.78 is 10.4. The molecule has 0 bridgehead atoms. The molecule has 24 heavy (non-hydrogen) atoms. The molecule has 1 fully saturated rings. The number of piperidine rings is 1. The topological polar surface area (TPSA) is 68.7 Å². The van der Waals surface area contributed by atoms with Crippen LogP contribution < -0.4 is 0 Å². The van der Waals surface area contributed by atoms with Crippen molar-refractivity contribution in [2.24, 2.45) is 0 Å². The normalized spacial score (nSPS) is 17.3. The molecule has 1 amide bonds. The van der Waals surface area contributed by atoms with Crippen LogP contribution in [0.25, 0.3) is 0 Å². The van der Waals surface area contributed by atoms with Crippen LogP contribution in [-0.4, -0.2) is 47.7 Å². The van der Waals surface area contributed by atoms with Crippen LogP contribution in [0.3, 0.4) is 0 Å². The van der Waals surface area contributed by atoms with Gasteiger partial charge in [0, 0.05) is 13.1 Å². The van der Waals surface area contributed by atoms with Crippen molar-refractivity contribution in [2.45, 2.75) is 44.6 Å². The number of methoxy groups -OCH3 is 1. The number of rotatable bonds is 2. The Balaban J connectivity index is 2.20. The number of carbonyl (C=O) groups excluding carboxylic acids is 2. The number of ether oxygens (including phenoxy) is 2. The number of aromatic nitrogens is 1. The minimum absolute atomic E-state index is 0.324. The lowest BCUT2D eigenvalue weighted by molar-refractivity contribution is -0.150. The highest BCUT2D eigenvalue weighted by Crippen LogP contribution is 2.36. The third-order valence-corrected chi connectivity index (χ3v) is 4.26. The lowest BCUT2D eigenvalue weighted by Gasteiger charge is -2.39. The molecule has 0 spiro atoms. The van der Waals surface area contributed by atoms with E-state index in [1.54, 1.807) is 23.1 Å². The summed E-state index contributed by atoms with van der Waals surface area (Å²) >= 11 is 5.98.